The molecule has 0 radical (unpaired) electrons. The number of hydrogen-bond acceptors (Lipinski definition) is 5. The number of rotatable bonds is 9. The molecule has 162 valence electrons. The summed E-state index contributed by atoms with van der Waals surface area (Å²) in [4.78, 5) is 24.7. The SMILES string of the molecule is COc1cc(C(=O)NCc2cccc(C(=O)NCc3ccco3)c2)ccc1OC(F)F. The van der Waals surface area contributed by atoms with Crippen molar-refractivity contribution in [3.05, 3.63) is 83.3 Å². The Morgan fingerprint density at radius 3 is 2.35 bits per heavy atom. The van der Waals surface area contributed by atoms with E-state index in [1.807, 2.05) is 0 Å². The normalized spacial score (nSPS) is 10.6. The Bertz CT molecular complexity index is 1040. The lowest BCUT2D eigenvalue weighted by Gasteiger charge is -2.12. The average Bonchev–Trinajstić information content (AvgIpc) is 3.29. The summed E-state index contributed by atoms with van der Waals surface area (Å²) in [5.41, 5.74) is 1.36. The van der Waals surface area contributed by atoms with Crippen LogP contribution in [0.4, 0.5) is 8.78 Å². The minimum absolute atomic E-state index is 0.0168. The smallest absolute Gasteiger partial charge is 0.387 e. The lowest BCUT2D eigenvalue weighted by atomic mass is 10.1. The molecular formula is C22H20F2N2O5. The van der Waals surface area contributed by atoms with E-state index in [0.717, 1.165) is 0 Å². The van der Waals surface area contributed by atoms with E-state index in [0.29, 0.717) is 16.9 Å². The molecule has 0 fully saturated rings. The zero-order valence-electron chi connectivity index (χ0n) is 16.6. The van der Waals surface area contributed by atoms with Gasteiger partial charge >= 0.3 is 6.61 Å². The van der Waals surface area contributed by atoms with Gasteiger partial charge in [-0.3, -0.25) is 9.59 Å². The molecule has 2 aromatic carbocycles. The number of hydrogen-bond donors (Lipinski definition) is 2. The second-order valence-electron chi connectivity index (χ2n) is 6.39. The highest BCUT2D eigenvalue weighted by atomic mass is 19.3. The molecule has 0 aliphatic heterocycles. The minimum atomic E-state index is -3.00. The molecule has 0 unspecified atom stereocenters. The minimum Gasteiger partial charge on any atom is -0.493 e. The Morgan fingerprint density at radius 1 is 0.935 bits per heavy atom. The van der Waals surface area contributed by atoms with Gasteiger partial charge in [-0.2, -0.15) is 8.78 Å². The summed E-state index contributed by atoms with van der Waals surface area (Å²) in [6.07, 6.45) is 1.53. The lowest BCUT2D eigenvalue weighted by molar-refractivity contribution is -0.0512. The van der Waals surface area contributed by atoms with Crippen LogP contribution in [0.3, 0.4) is 0 Å². The summed E-state index contributed by atoms with van der Waals surface area (Å²) < 4.78 is 39.4. The van der Waals surface area contributed by atoms with Crippen molar-refractivity contribution in [2.24, 2.45) is 0 Å². The third-order valence-electron chi connectivity index (χ3n) is 4.29. The Morgan fingerprint density at radius 2 is 1.68 bits per heavy atom. The molecular weight excluding hydrogens is 410 g/mol. The number of halogens is 2. The highest BCUT2D eigenvalue weighted by Gasteiger charge is 2.14. The first-order valence-electron chi connectivity index (χ1n) is 9.27. The first-order valence-corrected chi connectivity index (χ1v) is 9.27. The van der Waals surface area contributed by atoms with Gasteiger partial charge in [0, 0.05) is 17.7 Å². The molecule has 3 aromatic rings. The first-order chi connectivity index (χ1) is 15.0. The number of methoxy groups -OCH3 is 1. The van der Waals surface area contributed by atoms with Crippen LogP contribution in [0.25, 0.3) is 0 Å². The third kappa shape index (κ3) is 6.05. The van der Waals surface area contributed by atoms with Crippen molar-refractivity contribution < 1.29 is 32.3 Å². The zero-order chi connectivity index (χ0) is 22.2. The monoisotopic (exact) mass is 430 g/mol. The van der Waals surface area contributed by atoms with Gasteiger partial charge in [-0.1, -0.05) is 12.1 Å². The second kappa shape index (κ2) is 10.2. The van der Waals surface area contributed by atoms with Crippen LogP contribution in [-0.4, -0.2) is 25.5 Å². The second-order valence-corrected chi connectivity index (χ2v) is 6.39. The molecule has 9 heteroatoms. The molecule has 0 aliphatic carbocycles. The van der Waals surface area contributed by atoms with Crippen LogP contribution in [0.2, 0.25) is 0 Å². The molecule has 0 bridgehead atoms. The molecule has 1 heterocycles. The number of ether oxygens (including phenoxy) is 2. The Hall–Kier alpha value is -3.88. The van der Waals surface area contributed by atoms with Gasteiger partial charge < -0.3 is 24.5 Å². The maximum atomic E-state index is 12.4. The average molecular weight is 430 g/mol. The largest absolute Gasteiger partial charge is 0.493 e. The van der Waals surface area contributed by atoms with E-state index in [-0.39, 0.29) is 36.1 Å². The van der Waals surface area contributed by atoms with Gasteiger partial charge in [0.05, 0.1) is 19.9 Å². The summed E-state index contributed by atoms with van der Waals surface area (Å²) in [7, 11) is 1.29. The van der Waals surface area contributed by atoms with Gasteiger partial charge in [-0.25, -0.2) is 0 Å². The van der Waals surface area contributed by atoms with Crippen molar-refractivity contribution in [1.29, 1.82) is 0 Å². The van der Waals surface area contributed by atoms with Crippen molar-refractivity contribution in [2.75, 3.05) is 7.11 Å². The van der Waals surface area contributed by atoms with Crippen LogP contribution in [-0.2, 0) is 13.1 Å². The number of carbonyl (C=O) groups excluding carboxylic acids is 2. The van der Waals surface area contributed by atoms with E-state index >= 15 is 0 Å². The number of nitrogens with one attached hydrogen (secondary N) is 2. The van der Waals surface area contributed by atoms with Gasteiger partial charge in [0.1, 0.15) is 5.76 Å². The van der Waals surface area contributed by atoms with Crippen molar-refractivity contribution in [1.82, 2.24) is 10.6 Å². The van der Waals surface area contributed by atoms with Crippen molar-refractivity contribution in [2.45, 2.75) is 19.7 Å². The molecule has 0 saturated carbocycles. The quantitative estimate of drug-likeness (QED) is 0.540. The van der Waals surface area contributed by atoms with Crippen molar-refractivity contribution in [3.8, 4) is 11.5 Å². The van der Waals surface area contributed by atoms with Gasteiger partial charge in [0.2, 0.25) is 0 Å². The van der Waals surface area contributed by atoms with Crippen molar-refractivity contribution in [3.63, 3.8) is 0 Å². The molecule has 2 N–H and O–H groups in total. The van der Waals surface area contributed by atoms with E-state index < -0.39 is 12.5 Å². The van der Waals surface area contributed by atoms with Gasteiger partial charge in [-0.15, -0.1) is 0 Å². The molecule has 1 aromatic heterocycles. The summed E-state index contributed by atoms with van der Waals surface area (Å²) in [5, 5.41) is 5.47. The van der Waals surface area contributed by atoms with Gasteiger partial charge in [0.25, 0.3) is 11.8 Å². The van der Waals surface area contributed by atoms with Gasteiger partial charge in [-0.05, 0) is 48.0 Å². The molecule has 0 atom stereocenters. The van der Waals surface area contributed by atoms with Crippen LogP contribution in [0, 0.1) is 0 Å². The number of amides is 2. The van der Waals surface area contributed by atoms with Gasteiger partial charge in [0.15, 0.2) is 11.5 Å². The number of carbonyl (C=O) groups is 2. The molecule has 0 spiro atoms. The molecule has 7 nitrogen and oxygen atoms in total. The van der Waals surface area contributed by atoms with Crippen LogP contribution in [0.5, 0.6) is 11.5 Å². The van der Waals surface area contributed by atoms with E-state index in [9.17, 15) is 18.4 Å². The Balaban J connectivity index is 1.60. The molecule has 31 heavy (non-hydrogen) atoms. The first kappa shape index (κ1) is 21.8. The Kier molecular flexibility index (Phi) is 7.21. The summed E-state index contributed by atoms with van der Waals surface area (Å²) in [6.45, 7) is -2.58. The highest BCUT2D eigenvalue weighted by molar-refractivity contribution is 5.95. The topological polar surface area (TPSA) is 89.8 Å². The molecule has 0 saturated heterocycles. The number of furan rings is 1. The van der Waals surface area contributed by atoms with Crippen LogP contribution >= 0.6 is 0 Å². The molecule has 0 aliphatic rings. The van der Waals surface area contributed by atoms with E-state index in [4.69, 9.17) is 9.15 Å². The third-order valence-corrected chi connectivity index (χ3v) is 4.29. The number of alkyl halides is 2. The number of benzene rings is 2. The van der Waals surface area contributed by atoms with Crippen LogP contribution < -0.4 is 20.1 Å². The maximum Gasteiger partial charge on any atom is 0.387 e. The highest BCUT2D eigenvalue weighted by Crippen LogP contribution is 2.29. The fourth-order valence-electron chi connectivity index (χ4n) is 2.79. The summed E-state index contributed by atoms with van der Waals surface area (Å²) in [5.74, 6) is -0.221. The van der Waals surface area contributed by atoms with Crippen molar-refractivity contribution >= 4 is 11.8 Å². The fraction of sp³-hybridized carbons (Fsp3) is 0.182. The van der Waals surface area contributed by atoms with Crippen LogP contribution in [0.15, 0.2) is 65.3 Å². The van der Waals surface area contributed by atoms with E-state index in [1.54, 1.807) is 36.4 Å². The molecule has 3 rings (SSSR count). The zero-order valence-corrected chi connectivity index (χ0v) is 16.6. The molecule has 2 amide bonds. The lowest BCUT2D eigenvalue weighted by Crippen LogP contribution is -2.24. The summed E-state index contributed by atoms with van der Waals surface area (Å²) >= 11 is 0. The van der Waals surface area contributed by atoms with Crippen LogP contribution in [0.1, 0.15) is 32.0 Å². The van der Waals surface area contributed by atoms with E-state index in [1.165, 1.54) is 31.6 Å². The standard InChI is InChI=1S/C22H20F2N2O5/c1-29-19-11-16(7-8-18(19)31-22(23)24)21(28)25-12-14-4-2-5-15(10-14)20(27)26-13-17-6-3-9-30-17/h2-11,22H,12-13H2,1H3,(H,25,28)(H,26,27). The van der Waals surface area contributed by atoms with E-state index in [2.05, 4.69) is 15.4 Å². The predicted octanol–water partition coefficient (Wildman–Crippen LogP) is 3.75. The Labute approximate surface area is 177 Å². The summed E-state index contributed by atoms with van der Waals surface area (Å²) in [6, 6.07) is 14.2. The maximum absolute atomic E-state index is 12.4. The predicted molar refractivity (Wildman–Crippen MR) is 107 cm³/mol. The fourth-order valence-corrected chi connectivity index (χ4v) is 2.79.